The lowest BCUT2D eigenvalue weighted by atomic mass is 9.93. The Balaban J connectivity index is 2.29. The lowest BCUT2D eigenvalue weighted by Gasteiger charge is -2.37. The van der Waals surface area contributed by atoms with Gasteiger partial charge in [0.15, 0.2) is 0 Å². The van der Waals surface area contributed by atoms with E-state index in [1.165, 1.54) is 6.54 Å². The minimum absolute atomic E-state index is 0.917. The van der Waals surface area contributed by atoms with Gasteiger partial charge >= 0.3 is 0 Å². The van der Waals surface area contributed by atoms with Gasteiger partial charge < -0.3 is 4.90 Å². The molecule has 1 saturated heterocycles. The van der Waals surface area contributed by atoms with E-state index in [1.807, 2.05) is 0 Å². The van der Waals surface area contributed by atoms with E-state index < -0.39 is 0 Å². The summed E-state index contributed by atoms with van der Waals surface area (Å²) >= 11 is 0. The van der Waals surface area contributed by atoms with Crippen molar-refractivity contribution in [1.29, 1.82) is 0 Å². The molecule has 1 rings (SSSR count). The smallest absolute Gasteiger partial charge is 0.0924 e. The Bertz CT molecular complexity index is 62.6. The lowest BCUT2D eigenvalue weighted by molar-refractivity contribution is -0.957. The van der Waals surface area contributed by atoms with Crippen LogP contribution in [0.25, 0.3) is 0 Å². The van der Waals surface area contributed by atoms with Crippen molar-refractivity contribution in [2.45, 2.75) is 19.9 Å². The molecule has 0 amide bonds. The van der Waals surface area contributed by atoms with E-state index >= 15 is 0 Å². The molecule has 0 saturated carbocycles. The summed E-state index contributed by atoms with van der Waals surface area (Å²) in [5.41, 5.74) is 0. The Morgan fingerprint density at radius 2 is 2.00 bits per heavy atom. The molecule has 1 aliphatic heterocycles. The zero-order valence-electron chi connectivity index (χ0n) is 5.36. The molecule has 0 aromatic rings. The van der Waals surface area contributed by atoms with Crippen LogP contribution in [-0.2, 0) is 0 Å². The zero-order valence-corrected chi connectivity index (χ0v) is 5.36. The summed E-state index contributed by atoms with van der Waals surface area (Å²) in [5.74, 6) is 0.972. The van der Waals surface area contributed by atoms with Crippen molar-refractivity contribution in [3.63, 3.8) is 0 Å². The van der Waals surface area contributed by atoms with Crippen molar-refractivity contribution in [3.05, 3.63) is 0 Å². The Morgan fingerprint density at radius 3 is 2.00 bits per heavy atom. The summed E-state index contributed by atoms with van der Waals surface area (Å²) in [6, 6.07) is 0.917. The second-order valence-corrected chi connectivity index (χ2v) is 2.82. The van der Waals surface area contributed by atoms with E-state index in [1.54, 1.807) is 4.90 Å². The highest BCUT2D eigenvalue weighted by atomic mass is 15.2. The first-order valence-corrected chi connectivity index (χ1v) is 3.04. The first kappa shape index (κ1) is 5.10. The molecular weight excluding hydrogens is 86.1 g/mol. The van der Waals surface area contributed by atoms with Crippen molar-refractivity contribution in [2.24, 2.45) is 5.92 Å². The molecule has 0 bridgehead atoms. The molecule has 0 aromatic heterocycles. The number of likely N-dealkylation sites (tertiary alicyclic amines) is 1. The molecule has 1 aliphatic rings. The first-order chi connectivity index (χ1) is 3.22. The molecule has 0 spiro atoms. The van der Waals surface area contributed by atoms with E-state index in [4.69, 9.17) is 0 Å². The average molecular weight is 100 g/mol. The van der Waals surface area contributed by atoms with Crippen molar-refractivity contribution in [3.8, 4) is 0 Å². The summed E-state index contributed by atoms with van der Waals surface area (Å²) < 4.78 is 0. The fourth-order valence-corrected chi connectivity index (χ4v) is 1.20. The van der Waals surface area contributed by atoms with Crippen LogP contribution in [0.5, 0.6) is 0 Å². The van der Waals surface area contributed by atoms with Crippen molar-refractivity contribution >= 4 is 0 Å². The Hall–Kier alpha value is -0.0400. The molecular formula is C6H14N+. The van der Waals surface area contributed by atoms with Crippen molar-refractivity contribution in [1.82, 2.24) is 0 Å². The largest absolute Gasteiger partial charge is 0.334 e. The molecule has 1 heterocycles. The monoisotopic (exact) mass is 100 g/mol. The third-order valence-corrected chi connectivity index (χ3v) is 2.27. The number of rotatable bonds is 0. The van der Waals surface area contributed by atoms with Gasteiger partial charge in [-0.1, -0.05) is 6.92 Å². The maximum atomic E-state index is 2.32. The van der Waals surface area contributed by atoms with Gasteiger partial charge in [-0.15, -0.1) is 0 Å². The Morgan fingerprint density at radius 1 is 1.43 bits per heavy atom. The Kier molecular flexibility index (Phi) is 1.08. The summed E-state index contributed by atoms with van der Waals surface area (Å²) in [4.78, 5) is 1.69. The second-order valence-electron chi connectivity index (χ2n) is 2.82. The second kappa shape index (κ2) is 1.48. The quantitative estimate of drug-likeness (QED) is 0.420. The summed E-state index contributed by atoms with van der Waals surface area (Å²) in [7, 11) is 2.25. The van der Waals surface area contributed by atoms with E-state index in [9.17, 15) is 0 Å². The van der Waals surface area contributed by atoms with Crippen LogP contribution in [-0.4, -0.2) is 19.6 Å². The standard InChI is InChI=1S/C6H13N/c1-5-4-7(3)6(5)2/h5-6H,4H2,1-3H3/p+1. The highest BCUT2D eigenvalue weighted by Crippen LogP contribution is 2.02. The van der Waals surface area contributed by atoms with Crippen LogP contribution in [0, 0.1) is 5.92 Å². The van der Waals surface area contributed by atoms with E-state index in [0.717, 1.165) is 12.0 Å². The molecule has 1 fully saturated rings. The van der Waals surface area contributed by atoms with Gasteiger partial charge in [0.05, 0.1) is 25.6 Å². The first-order valence-electron chi connectivity index (χ1n) is 3.04. The van der Waals surface area contributed by atoms with Crippen LogP contribution < -0.4 is 4.90 Å². The van der Waals surface area contributed by atoms with Gasteiger partial charge in [0.2, 0.25) is 0 Å². The fourth-order valence-electron chi connectivity index (χ4n) is 1.20. The van der Waals surface area contributed by atoms with Crippen molar-refractivity contribution < 1.29 is 4.90 Å². The summed E-state index contributed by atoms with van der Waals surface area (Å²) in [6.07, 6.45) is 0. The van der Waals surface area contributed by atoms with Gasteiger partial charge in [0, 0.05) is 0 Å². The number of nitrogens with one attached hydrogen (secondary N) is 1. The van der Waals surface area contributed by atoms with Gasteiger partial charge in [-0.05, 0) is 6.92 Å². The molecule has 1 nitrogen and oxygen atoms in total. The maximum Gasteiger partial charge on any atom is 0.0924 e. The average Bonchev–Trinajstić information content (AvgIpc) is 1.68. The molecule has 0 aliphatic carbocycles. The number of hydrogen-bond acceptors (Lipinski definition) is 0. The third-order valence-electron chi connectivity index (χ3n) is 2.27. The molecule has 42 valence electrons. The summed E-state index contributed by atoms with van der Waals surface area (Å²) in [6.45, 7) is 6.00. The summed E-state index contributed by atoms with van der Waals surface area (Å²) in [5, 5.41) is 0. The minimum Gasteiger partial charge on any atom is -0.334 e. The number of quaternary nitrogens is 1. The lowest BCUT2D eigenvalue weighted by Crippen LogP contribution is -3.21. The van der Waals surface area contributed by atoms with Crippen LogP contribution in [0.4, 0.5) is 0 Å². The SMILES string of the molecule is CC1C[NH+](C)C1C. The van der Waals surface area contributed by atoms with E-state index in [0.29, 0.717) is 0 Å². The van der Waals surface area contributed by atoms with Gasteiger partial charge in [0.1, 0.15) is 0 Å². The molecule has 0 radical (unpaired) electrons. The molecule has 3 atom stereocenters. The fraction of sp³-hybridized carbons (Fsp3) is 1.00. The van der Waals surface area contributed by atoms with E-state index in [2.05, 4.69) is 20.9 Å². The predicted molar refractivity (Wildman–Crippen MR) is 30.4 cm³/mol. The van der Waals surface area contributed by atoms with Gasteiger partial charge in [-0.2, -0.15) is 0 Å². The molecule has 1 N–H and O–H groups in total. The third kappa shape index (κ3) is 0.653. The minimum atomic E-state index is 0.917. The van der Waals surface area contributed by atoms with E-state index in [-0.39, 0.29) is 0 Å². The van der Waals surface area contributed by atoms with Gasteiger partial charge in [-0.25, -0.2) is 0 Å². The van der Waals surface area contributed by atoms with Crippen molar-refractivity contribution in [2.75, 3.05) is 13.6 Å². The van der Waals surface area contributed by atoms with Crippen LogP contribution in [0.2, 0.25) is 0 Å². The normalized spacial score (nSPS) is 51.0. The topological polar surface area (TPSA) is 4.44 Å². The molecule has 1 heteroatoms. The highest BCUT2D eigenvalue weighted by Gasteiger charge is 2.32. The highest BCUT2D eigenvalue weighted by molar-refractivity contribution is 4.64. The van der Waals surface area contributed by atoms with Gasteiger partial charge in [0.25, 0.3) is 0 Å². The van der Waals surface area contributed by atoms with Crippen LogP contribution in [0.3, 0.4) is 0 Å². The number of hydrogen-bond donors (Lipinski definition) is 1. The zero-order chi connectivity index (χ0) is 5.44. The van der Waals surface area contributed by atoms with Gasteiger partial charge in [-0.3, -0.25) is 0 Å². The predicted octanol–water partition coefficient (Wildman–Crippen LogP) is -0.461. The molecule has 0 aromatic carbocycles. The maximum absolute atomic E-state index is 2.32. The molecule has 3 unspecified atom stereocenters. The van der Waals surface area contributed by atoms with Crippen LogP contribution in [0.15, 0.2) is 0 Å². The molecule has 7 heavy (non-hydrogen) atoms. The van der Waals surface area contributed by atoms with Crippen LogP contribution in [0.1, 0.15) is 13.8 Å². The Labute approximate surface area is 45.3 Å². The van der Waals surface area contributed by atoms with Crippen LogP contribution >= 0.6 is 0 Å².